The van der Waals surface area contributed by atoms with Gasteiger partial charge in [-0.2, -0.15) is 0 Å². The minimum absolute atomic E-state index is 0.100. The Morgan fingerprint density at radius 1 is 1.43 bits per heavy atom. The normalized spacial score (nSPS) is 10.6. The van der Waals surface area contributed by atoms with Crippen molar-refractivity contribution in [2.24, 2.45) is 0 Å². The Labute approximate surface area is 124 Å². The van der Waals surface area contributed by atoms with Gasteiger partial charge in [0.25, 0.3) is 0 Å². The fourth-order valence-electron chi connectivity index (χ4n) is 2.16. The van der Waals surface area contributed by atoms with Crippen molar-refractivity contribution < 1.29 is 14.6 Å². The van der Waals surface area contributed by atoms with Gasteiger partial charge in [-0.05, 0) is 25.5 Å². The van der Waals surface area contributed by atoms with Crippen LogP contribution in [-0.2, 0) is 6.42 Å². The van der Waals surface area contributed by atoms with Crippen LogP contribution in [-0.4, -0.2) is 28.0 Å². The molecular formula is C16H20N2O3. The van der Waals surface area contributed by atoms with Gasteiger partial charge in [-0.1, -0.05) is 13.3 Å². The summed E-state index contributed by atoms with van der Waals surface area (Å²) in [6.07, 6.45) is 2.91. The summed E-state index contributed by atoms with van der Waals surface area (Å²) in [5, 5.41) is 9.95. The van der Waals surface area contributed by atoms with E-state index in [1.165, 1.54) is 13.2 Å². The lowest BCUT2D eigenvalue weighted by molar-refractivity contribution is 0.103. The molecule has 0 bridgehead atoms. The van der Waals surface area contributed by atoms with Gasteiger partial charge < -0.3 is 14.8 Å². The number of ketones is 1. The van der Waals surface area contributed by atoms with Crippen LogP contribution in [0.5, 0.6) is 11.5 Å². The highest BCUT2D eigenvalue weighted by atomic mass is 16.5. The third kappa shape index (κ3) is 3.24. The first-order valence-corrected chi connectivity index (χ1v) is 7.04. The molecule has 0 spiro atoms. The maximum absolute atomic E-state index is 12.5. The van der Waals surface area contributed by atoms with Gasteiger partial charge in [0.05, 0.1) is 12.7 Å². The van der Waals surface area contributed by atoms with Crippen LogP contribution in [0.25, 0.3) is 0 Å². The second kappa shape index (κ2) is 6.43. The molecule has 0 aliphatic heterocycles. The molecule has 1 aromatic heterocycles. The number of carbonyl (C=O) groups excluding carboxylic acids is 1. The number of ether oxygens (including phenoxy) is 1. The molecule has 1 aromatic carbocycles. The predicted octanol–water partition coefficient (Wildman–Crippen LogP) is 3.01. The number of aromatic hydroxyl groups is 1. The Hall–Kier alpha value is -2.30. The van der Waals surface area contributed by atoms with E-state index in [9.17, 15) is 9.90 Å². The van der Waals surface area contributed by atoms with E-state index in [1.807, 2.05) is 6.92 Å². The summed E-state index contributed by atoms with van der Waals surface area (Å²) in [4.78, 5) is 20.0. The van der Waals surface area contributed by atoms with Crippen LogP contribution in [0.1, 0.15) is 47.3 Å². The van der Waals surface area contributed by atoms with Crippen LogP contribution >= 0.6 is 0 Å². The first kappa shape index (κ1) is 15.1. The molecule has 0 unspecified atom stereocenters. The van der Waals surface area contributed by atoms with Gasteiger partial charge in [0.2, 0.25) is 5.78 Å². The molecule has 112 valence electrons. The summed E-state index contributed by atoms with van der Waals surface area (Å²) in [6, 6.07) is 4.62. The molecule has 0 amide bonds. The number of benzene rings is 1. The largest absolute Gasteiger partial charge is 0.507 e. The third-order valence-electron chi connectivity index (χ3n) is 3.37. The lowest BCUT2D eigenvalue weighted by Crippen LogP contribution is -2.04. The Kier molecular flexibility index (Phi) is 4.62. The van der Waals surface area contributed by atoms with Gasteiger partial charge in [-0.3, -0.25) is 4.79 Å². The maximum atomic E-state index is 12.5. The molecule has 0 aliphatic rings. The SMILES string of the molecule is CCCCc1nc(C(=O)c2ccc(OC)cc2O)c(C)[nH]1. The monoisotopic (exact) mass is 288 g/mol. The van der Waals surface area contributed by atoms with Crippen LogP contribution in [0.15, 0.2) is 18.2 Å². The first-order valence-electron chi connectivity index (χ1n) is 7.04. The number of unbranched alkanes of at least 4 members (excludes halogenated alkanes) is 1. The predicted molar refractivity (Wildman–Crippen MR) is 80.0 cm³/mol. The van der Waals surface area contributed by atoms with E-state index in [2.05, 4.69) is 16.9 Å². The van der Waals surface area contributed by atoms with Crippen LogP contribution in [0.4, 0.5) is 0 Å². The van der Waals surface area contributed by atoms with E-state index >= 15 is 0 Å². The zero-order valence-electron chi connectivity index (χ0n) is 12.6. The average molecular weight is 288 g/mol. The zero-order chi connectivity index (χ0) is 15.4. The van der Waals surface area contributed by atoms with Gasteiger partial charge in [-0.15, -0.1) is 0 Å². The van der Waals surface area contributed by atoms with Crippen molar-refractivity contribution in [2.75, 3.05) is 7.11 Å². The van der Waals surface area contributed by atoms with Crippen molar-refractivity contribution >= 4 is 5.78 Å². The minimum Gasteiger partial charge on any atom is -0.507 e. The van der Waals surface area contributed by atoms with E-state index in [0.29, 0.717) is 11.4 Å². The van der Waals surface area contributed by atoms with Gasteiger partial charge in [0.1, 0.15) is 23.0 Å². The molecule has 5 heteroatoms. The number of aromatic nitrogens is 2. The van der Waals surface area contributed by atoms with Gasteiger partial charge in [0, 0.05) is 18.2 Å². The molecule has 0 atom stereocenters. The molecular weight excluding hydrogens is 268 g/mol. The van der Waals surface area contributed by atoms with E-state index in [4.69, 9.17) is 4.74 Å². The molecule has 2 N–H and O–H groups in total. The Bertz CT molecular complexity index is 647. The summed E-state index contributed by atoms with van der Waals surface area (Å²) in [6.45, 7) is 3.92. The van der Waals surface area contributed by atoms with Crippen LogP contribution in [0.3, 0.4) is 0 Å². The second-order valence-electron chi connectivity index (χ2n) is 4.97. The quantitative estimate of drug-likeness (QED) is 0.801. The van der Waals surface area contributed by atoms with Crippen LogP contribution in [0.2, 0.25) is 0 Å². The number of phenolic OH excluding ortho intramolecular Hbond substituents is 1. The highest BCUT2D eigenvalue weighted by Crippen LogP contribution is 2.26. The smallest absolute Gasteiger partial charge is 0.216 e. The molecule has 0 fully saturated rings. The molecule has 0 saturated carbocycles. The molecule has 2 rings (SSSR count). The van der Waals surface area contributed by atoms with Crippen molar-refractivity contribution in [3.8, 4) is 11.5 Å². The highest BCUT2D eigenvalue weighted by molar-refractivity contribution is 6.10. The zero-order valence-corrected chi connectivity index (χ0v) is 12.6. The Morgan fingerprint density at radius 2 is 2.19 bits per heavy atom. The van der Waals surface area contributed by atoms with E-state index in [-0.39, 0.29) is 17.1 Å². The first-order chi connectivity index (χ1) is 10.1. The lowest BCUT2D eigenvalue weighted by atomic mass is 10.1. The summed E-state index contributed by atoms with van der Waals surface area (Å²) in [5.41, 5.74) is 1.32. The number of imidazole rings is 1. The number of rotatable bonds is 6. The summed E-state index contributed by atoms with van der Waals surface area (Å²) < 4.78 is 5.01. The number of nitrogens with zero attached hydrogens (tertiary/aromatic N) is 1. The molecule has 0 aliphatic carbocycles. The number of methoxy groups -OCH3 is 1. The van der Waals surface area contributed by atoms with Crippen molar-refractivity contribution in [3.05, 3.63) is 41.0 Å². The summed E-state index contributed by atoms with van der Waals surface area (Å²) >= 11 is 0. The molecule has 0 saturated heterocycles. The number of carbonyl (C=O) groups is 1. The van der Waals surface area contributed by atoms with Gasteiger partial charge in [0.15, 0.2) is 0 Å². The highest BCUT2D eigenvalue weighted by Gasteiger charge is 2.19. The van der Waals surface area contributed by atoms with E-state index < -0.39 is 0 Å². The Balaban J connectivity index is 2.29. The van der Waals surface area contributed by atoms with E-state index in [1.54, 1.807) is 12.1 Å². The number of aryl methyl sites for hydroxylation is 2. The average Bonchev–Trinajstić information content (AvgIpc) is 2.85. The number of hydrogen-bond donors (Lipinski definition) is 2. The van der Waals surface area contributed by atoms with Crippen molar-refractivity contribution in [1.82, 2.24) is 9.97 Å². The molecule has 2 aromatic rings. The fourth-order valence-corrected chi connectivity index (χ4v) is 2.16. The van der Waals surface area contributed by atoms with Crippen LogP contribution < -0.4 is 4.74 Å². The molecule has 0 radical (unpaired) electrons. The third-order valence-corrected chi connectivity index (χ3v) is 3.37. The standard InChI is InChI=1S/C16H20N2O3/c1-4-5-6-14-17-10(2)15(18-14)16(20)12-8-7-11(21-3)9-13(12)19/h7-9,19H,4-6H2,1-3H3,(H,17,18). The Morgan fingerprint density at radius 3 is 2.81 bits per heavy atom. The fraction of sp³-hybridized carbons (Fsp3) is 0.375. The van der Waals surface area contributed by atoms with Crippen LogP contribution in [0, 0.1) is 6.92 Å². The summed E-state index contributed by atoms with van der Waals surface area (Å²) in [5.74, 6) is 0.931. The van der Waals surface area contributed by atoms with Gasteiger partial charge >= 0.3 is 0 Å². The van der Waals surface area contributed by atoms with Crippen molar-refractivity contribution in [1.29, 1.82) is 0 Å². The maximum Gasteiger partial charge on any atom is 0.216 e. The summed E-state index contributed by atoms with van der Waals surface area (Å²) in [7, 11) is 1.51. The topological polar surface area (TPSA) is 75.2 Å². The number of H-pyrrole nitrogens is 1. The molecule has 1 heterocycles. The van der Waals surface area contributed by atoms with E-state index in [0.717, 1.165) is 30.8 Å². The number of nitrogens with one attached hydrogen (secondary N) is 1. The lowest BCUT2D eigenvalue weighted by Gasteiger charge is -2.05. The second-order valence-corrected chi connectivity index (χ2v) is 4.97. The minimum atomic E-state index is -0.286. The molecule has 5 nitrogen and oxygen atoms in total. The molecule has 21 heavy (non-hydrogen) atoms. The number of hydrogen-bond acceptors (Lipinski definition) is 4. The number of phenols is 1. The number of aromatic amines is 1. The van der Waals surface area contributed by atoms with Crippen molar-refractivity contribution in [3.63, 3.8) is 0 Å². The van der Waals surface area contributed by atoms with Gasteiger partial charge in [-0.25, -0.2) is 4.98 Å². The van der Waals surface area contributed by atoms with Crippen molar-refractivity contribution in [2.45, 2.75) is 33.1 Å².